The van der Waals surface area contributed by atoms with Gasteiger partial charge in [-0.05, 0) is 17.0 Å². The zero-order valence-electron chi connectivity index (χ0n) is 16.5. The van der Waals surface area contributed by atoms with Crippen molar-refractivity contribution < 1.29 is 14.4 Å². The third-order valence-electron chi connectivity index (χ3n) is 5.34. The summed E-state index contributed by atoms with van der Waals surface area (Å²) in [5.41, 5.74) is 2.83. The average Bonchev–Trinajstić information content (AvgIpc) is 2.99. The van der Waals surface area contributed by atoms with E-state index in [-0.39, 0.29) is 42.3 Å². The van der Waals surface area contributed by atoms with Crippen LogP contribution in [0.5, 0.6) is 0 Å². The normalized spacial score (nSPS) is 19.2. The van der Waals surface area contributed by atoms with E-state index in [2.05, 4.69) is 10.3 Å². The molecule has 0 aliphatic carbocycles. The maximum atomic E-state index is 13.1. The molecule has 2 N–H and O–H groups in total. The average molecular weight is 382 g/mol. The Balaban J connectivity index is 1.51. The molecule has 0 saturated carbocycles. The van der Waals surface area contributed by atoms with E-state index >= 15 is 0 Å². The number of aromatic amines is 1. The molecular formula is C21H26N4O3. The van der Waals surface area contributed by atoms with Crippen molar-refractivity contribution in [2.45, 2.75) is 39.7 Å². The van der Waals surface area contributed by atoms with Gasteiger partial charge in [-0.15, -0.1) is 0 Å². The summed E-state index contributed by atoms with van der Waals surface area (Å²) in [5, 5.41) is 3.87. The third kappa shape index (κ3) is 3.25. The van der Waals surface area contributed by atoms with Crippen LogP contribution in [0.4, 0.5) is 4.79 Å². The first kappa shape index (κ1) is 18.5. The number of hydrogen-bond acceptors (Lipinski definition) is 3. The van der Waals surface area contributed by atoms with Crippen LogP contribution in [0, 0.1) is 5.41 Å². The maximum Gasteiger partial charge on any atom is 0.327 e. The number of nitrogens with zero attached hydrogens (tertiary/aromatic N) is 2. The van der Waals surface area contributed by atoms with Crippen molar-refractivity contribution in [3.8, 4) is 0 Å². The number of nitrogens with one attached hydrogen (secondary N) is 2. The lowest BCUT2D eigenvalue weighted by molar-refractivity contribution is -0.134. The Bertz CT molecular complexity index is 956. The fourth-order valence-corrected chi connectivity index (χ4v) is 4.17. The first-order valence-electron chi connectivity index (χ1n) is 9.71. The lowest BCUT2D eigenvalue weighted by Gasteiger charge is -2.42. The Hall–Kier alpha value is -2.83. The maximum absolute atomic E-state index is 13.1. The van der Waals surface area contributed by atoms with Gasteiger partial charge in [0.2, 0.25) is 11.8 Å². The molecule has 1 fully saturated rings. The zero-order chi connectivity index (χ0) is 20.1. The predicted molar refractivity (Wildman–Crippen MR) is 106 cm³/mol. The summed E-state index contributed by atoms with van der Waals surface area (Å²) in [5.74, 6) is -0.608. The molecule has 7 nitrogen and oxygen atoms in total. The molecule has 0 spiro atoms. The van der Waals surface area contributed by atoms with Gasteiger partial charge in [0, 0.05) is 42.7 Å². The monoisotopic (exact) mass is 382 g/mol. The number of carbonyl (C=O) groups excluding carboxylic acids is 3. The Morgan fingerprint density at radius 2 is 2.00 bits per heavy atom. The highest BCUT2D eigenvalue weighted by Crippen LogP contribution is 2.38. The molecule has 28 heavy (non-hydrogen) atoms. The number of urea groups is 1. The molecule has 1 unspecified atom stereocenters. The predicted octanol–water partition coefficient (Wildman–Crippen LogP) is 2.58. The van der Waals surface area contributed by atoms with Crippen LogP contribution in [-0.2, 0) is 16.1 Å². The van der Waals surface area contributed by atoms with Gasteiger partial charge in [0.1, 0.15) is 0 Å². The molecule has 2 aromatic rings. The number of benzene rings is 1. The number of aromatic nitrogens is 1. The minimum atomic E-state index is -0.358. The molecule has 2 aliphatic rings. The molecule has 4 rings (SSSR count). The highest BCUT2D eigenvalue weighted by Gasteiger charge is 2.44. The molecule has 2 aliphatic heterocycles. The van der Waals surface area contributed by atoms with Gasteiger partial charge in [-0.3, -0.25) is 14.5 Å². The Morgan fingerprint density at radius 1 is 1.25 bits per heavy atom. The highest BCUT2D eigenvalue weighted by molar-refractivity contribution is 6.04. The van der Waals surface area contributed by atoms with Gasteiger partial charge < -0.3 is 15.2 Å². The largest absolute Gasteiger partial charge is 0.357 e. The van der Waals surface area contributed by atoms with E-state index in [1.54, 1.807) is 4.90 Å². The summed E-state index contributed by atoms with van der Waals surface area (Å²) in [4.78, 5) is 44.3. The molecule has 3 heterocycles. The topological polar surface area (TPSA) is 85.5 Å². The Kier molecular flexibility index (Phi) is 4.40. The lowest BCUT2D eigenvalue weighted by atomic mass is 9.89. The van der Waals surface area contributed by atoms with Gasteiger partial charge in [0.05, 0.1) is 12.5 Å². The number of H-pyrrole nitrogens is 1. The smallest absolute Gasteiger partial charge is 0.327 e. The summed E-state index contributed by atoms with van der Waals surface area (Å²) in [7, 11) is 0. The van der Waals surface area contributed by atoms with E-state index in [0.717, 1.165) is 22.2 Å². The minimum Gasteiger partial charge on any atom is -0.357 e. The lowest BCUT2D eigenvalue weighted by Crippen LogP contribution is -2.58. The van der Waals surface area contributed by atoms with Gasteiger partial charge in [-0.2, -0.15) is 0 Å². The van der Waals surface area contributed by atoms with Crippen LogP contribution in [0.25, 0.3) is 10.9 Å². The summed E-state index contributed by atoms with van der Waals surface area (Å²) >= 11 is 0. The van der Waals surface area contributed by atoms with Crippen LogP contribution in [0.3, 0.4) is 0 Å². The second-order valence-electron chi connectivity index (χ2n) is 8.86. The molecule has 1 aromatic heterocycles. The first-order chi connectivity index (χ1) is 13.2. The van der Waals surface area contributed by atoms with Gasteiger partial charge in [0.15, 0.2) is 0 Å². The van der Waals surface area contributed by atoms with Crippen molar-refractivity contribution >= 4 is 28.7 Å². The number of fused-ring (bicyclic) bond motifs is 6. The fourth-order valence-electron chi connectivity index (χ4n) is 4.17. The number of amides is 4. The Labute approximate surface area is 164 Å². The van der Waals surface area contributed by atoms with Crippen LogP contribution in [0.15, 0.2) is 24.3 Å². The van der Waals surface area contributed by atoms with E-state index in [1.807, 2.05) is 45.0 Å². The number of carbonyl (C=O) groups is 3. The van der Waals surface area contributed by atoms with Crippen molar-refractivity contribution in [1.29, 1.82) is 0 Å². The van der Waals surface area contributed by atoms with Crippen LogP contribution in [0.1, 0.15) is 44.4 Å². The van der Waals surface area contributed by atoms with Crippen molar-refractivity contribution in [3.63, 3.8) is 0 Å². The molecule has 2 bridgehead atoms. The fraction of sp³-hybridized carbons (Fsp3) is 0.476. The summed E-state index contributed by atoms with van der Waals surface area (Å²) < 4.78 is 0. The van der Waals surface area contributed by atoms with Crippen molar-refractivity contribution in [1.82, 2.24) is 20.1 Å². The van der Waals surface area contributed by atoms with E-state index in [0.29, 0.717) is 19.5 Å². The first-order valence-corrected chi connectivity index (χ1v) is 9.71. The molecule has 4 amide bonds. The second kappa shape index (κ2) is 6.65. The molecule has 7 heteroatoms. The van der Waals surface area contributed by atoms with E-state index in [1.165, 1.54) is 4.90 Å². The van der Waals surface area contributed by atoms with Crippen LogP contribution in [-0.4, -0.2) is 52.3 Å². The quantitative estimate of drug-likeness (QED) is 0.852. The van der Waals surface area contributed by atoms with E-state index in [4.69, 9.17) is 0 Å². The van der Waals surface area contributed by atoms with E-state index < -0.39 is 0 Å². The SMILES string of the molecule is CC(C)(C)CC(=O)NCCN1C(=O)C2CN(Cc3[nH]c4ccccc4c32)C1=O. The molecule has 1 aromatic carbocycles. The van der Waals surface area contributed by atoms with Crippen LogP contribution in [0.2, 0.25) is 0 Å². The third-order valence-corrected chi connectivity index (χ3v) is 5.34. The number of para-hydroxylation sites is 1. The summed E-state index contributed by atoms with van der Waals surface area (Å²) in [6, 6.07) is 7.64. The van der Waals surface area contributed by atoms with Crippen molar-refractivity contribution in [2.75, 3.05) is 19.6 Å². The summed E-state index contributed by atoms with van der Waals surface area (Å²) in [6.45, 7) is 7.34. The van der Waals surface area contributed by atoms with Crippen molar-refractivity contribution in [3.05, 3.63) is 35.5 Å². The van der Waals surface area contributed by atoms with E-state index in [9.17, 15) is 14.4 Å². The number of imide groups is 1. The van der Waals surface area contributed by atoms with Gasteiger partial charge in [-0.1, -0.05) is 39.0 Å². The summed E-state index contributed by atoms with van der Waals surface area (Å²) in [6.07, 6.45) is 0.405. The zero-order valence-corrected chi connectivity index (χ0v) is 16.5. The Morgan fingerprint density at radius 3 is 2.75 bits per heavy atom. The number of rotatable bonds is 4. The van der Waals surface area contributed by atoms with Gasteiger partial charge >= 0.3 is 6.03 Å². The molecule has 1 saturated heterocycles. The van der Waals surface area contributed by atoms with Crippen LogP contribution < -0.4 is 5.32 Å². The molecule has 1 atom stereocenters. The second-order valence-corrected chi connectivity index (χ2v) is 8.86. The van der Waals surface area contributed by atoms with Crippen LogP contribution >= 0.6 is 0 Å². The minimum absolute atomic E-state index is 0.0659. The number of hydrogen-bond donors (Lipinski definition) is 2. The molecular weight excluding hydrogens is 356 g/mol. The van der Waals surface area contributed by atoms with Gasteiger partial charge in [-0.25, -0.2) is 4.79 Å². The highest BCUT2D eigenvalue weighted by atomic mass is 16.2. The van der Waals surface area contributed by atoms with Crippen molar-refractivity contribution in [2.24, 2.45) is 5.41 Å². The standard InChI is InChI=1S/C21H26N4O3/c1-21(2,3)10-17(26)22-8-9-25-19(27)14-11-24(20(25)28)12-16-18(14)13-6-4-5-7-15(13)23-16/h4-7,14,23H,8-12H2,1-3H3,(H,22,26). The molecule has 0 radical (unpaired) electrons. The van der Waals surface area contributed by atoms with Gasteiger partial charge in [0.25, 0.3) is 0 Å². The molecule has 148 valence electrons.